The maximum atomic E-state index is 12.9. The fourth-order valence-corrected chi connectivity index (χ4v) is 9.44. The van der Waals surface area contributed by atoms with Crippen LogP contribution in [0.2, 0.25) is 0 Å². The summed E-state index contributed by atoms with van der Waals surface area (Å²) in [6, 6.07) is 0. The number of rotatable bonds is 58. The predicted octanol–water partition coefficient (Wildman–Crippen LogP) is 21.1. The van der Waals surface area contributed by atoms with Gasteiger partial charge in [-0.2, -0.15) is 0 Å². The maximum Gasteiger partial charge on any atom is 0.306 e. The number of hydrogen-bond acceptors (Lipinski definition) is 6. The summed E-state index contributed by atoms with van der Waals surface area (Å²) in [6.45, 7) is 6.66. The first kappa shape index (κ1) is 67.9. The van der Waals surface area contributed by atoms with Crippen LogP contribution in [0.1, 0.15) is 348 Å². The van der Waals surface area contributed by atoms with E-state index in [4.69, 9.17) is 14.2 Å². The monoisotopic (exact) mass is 985 g/mol. The van der Waals surface area contributed by atoms with Crippen molar-refractivity contribution in [3.05, 3.63) is 24.3 Å². The zero-order chi connectivity index (χ0) is 50.7. The molecule has 1 unspecified atom stereocenters. The van der Waals surface area contributed by atoms with Gasteiger partial charge in [-0.15, -0.1) is 0 Å². The van der Waals surface area contributed by atoms with Crippen molar-refractivity contribution in [2.75, 3.05) is 13.2 Å². The normalized spacial score (nSPS) is 12.1. The molecule has 0 bridgehead atoms. The van der Waals surface area contributed by atoms with Crippen molar-refractivity contribution in [2.24, 2.45) is 0 Å². The molecule has 6 nitrogen and oxygen atoms in total. The summed E-state index contributed by atoms with van der Waals surface area (Å²) in [4.78, 5) is 38.2. The van der Waals surface area contributed by atoms with E-state index in [-0.39, 0.29) is 31.1 Å². The Morgan fingerprint density at radius 2 is 0.471 bits per heavy atom. The molecule has 0 fully saturated rings. The van der Waals surface area contributed by atoms with Crippen LogP contribution in [0, 0.1) is 0 Å². The van der Waals surface area contributed by atoms with Crippen LogP contribution in [0.5, 0.6) is 0 Å². The summed E-state index contributed by atoms with van der Waals surface area (Å²) >= 11 is 0. The Hall–Kier alpha value is -2.11. The summed E-state index contributed by atoms with van der Waals surface area (Å²) in [5.41, 5.74) is 0. The second-order valence-corrected chi connectivity index (χ2v) is 21.3. The van der Waals surface area contributed by atoms with Crippen LogP contribution in [0.25, 0.3) is 0 Å². The summed E-state index contributed by atoms with van der Waals surface area (Å²) < 4.78 is 16.9. The van der Waals surface area contributed by atoms with Crippen molar-refractivity contribution in [1.29, 1.82) is 0 Å². The molecule has 0 aliphatic carbocycles. The Kier molecular flexibility index (Phi) is 57.7. The number of carbonyl (C=O) groups is 3. The van der Waals surface area contributed by atoms with Gasteiger partial charge in [0.15, 0.2) is 6.10 Å². The number of unbranched alkanes of at least 4 members (excludes halogenated alkanes) is 43. The molecule has 0 radical (unpaired) electrons. The van der Waals surface area contributed by atoms with Gasteiger partial charge in [-0.25, -0.2) is 0 Å². The van der Waals surface area contributed by atoms with E-state index >= 15 is 0 Å². The fourth-order valence-electron chi connectivity index (χ4n) is 9.44. The number of ether oxygens (including phenoxy) is 3. The second-order valence-electron chi connectivity index (χ2n) is 21.3. The molecule has 70 heavy (non-hydrogen) atoms. The first-order valence-corrected chi connectivity index (χ1v) is 31.3. The van der Waals surface area contributed by atoms with E-state index in [1.807, 2.05) is 0 Å². The molecule has 1 atom stereocenters. The third kappa shape index (κ3) is 56.8. The minimum atomic E-state index is -0.775. The lowest BCUT2D eigenvalue weighted by Gasteiger charge is -2.18. The summed E-state index contributed by atoms with van der Waals surface area (Å²) in [7, 11) is 0. The van der Waals surface area contributed by atoms with Gasteiger partial charge in [0.25, 0.3) is 0 Å². The van der Waals surface area contributed by atoms with E-state index in [1.165, 1.54) is 238 Å². The van der Waals surface area contributed by atoms with E-state index < -0.39 is 6.10 Å². The van der Waals surface area contributed by atoms with Crippen molar-refractivity contribution < 1.29 is 28.6 Å². The molecule has 0 N–H and O–H groups in total. The van der Waals surface area contributed by atoms with E-state index in [0.29, 0.717) is 19.3 Å². The van der Waals surface area contributed by atoms with Crippen molar-refractivity contribution >= 4 is 17.9 Å². The average molecular weight is 986 g/mol. The molecule has 0 aromatic rings. The van der Waals surface area contributed by atoms with E-state index in [0.717, 1.165) is 70.6 Å². The Labute approximate surface area is 436 Å². The molecule has 0 aromatic carbocycles. The molecule has 0 heterocycles. The molecular weight excluding hydrogens is 865 g/mol. The lowest BCUT2D eigenvalue weighted by atomic mass is 10.0. The first-order chi connectivity index (χ1) is 34.5. The molecule has 0 aromatic heterocycles. The third-order valence-electron chi connectivity index (χ3n) is 14.2. The largest absolute Gasteiger partial charge is 0.462 e. The zero-order valence-electron chi connectivity index (χ0n) is 47.3. The third-order valence-corrected chi connectivity index (χ3v) is 14.2. The highest BCUT2D eigenvalue weighted by Gasteiger charge is 2.19. The molecule has 0 amide bonds. The minimum Gasteiger partial charge on any atom is -0.462 e. The molecule has 0 aliphatic heterocycles. The summed E-state index contributed by atoms with van der Waals surface area (Å²) in [5.74, 6) is -0.868. The fraction of sp³-hybridized carbons (Fsp3) is 0.891. The average Bonchev–Trinajstić information content (AvgIpc) is 3.36. The van der Waals surface area contributed by atoms with Crippen molar-refractivity contribution in [1.82, 2.24) is 0 Å². The van der Waals surface area contributed by atoms with Crippen LogP contribution in [0.3, 0.4) is 0 Å². The quantitative estimate of drug-likeness (QED) is 0.0261. The van der Waals surface area contributed by atoms with Crippen LogP contribution in [-0.2, 0) is 28.6 Å². The van der Waals surface area contributed by atoms with Crippen molar-refractivity contribution in [3.8, 4) is 0 Å². The van der Waals surface area contributed by atoms with E-state index in [9.17, 15) is 14.4 Å². The Bertz CT molecular complexity index is 1130. The van der Waals surface area contributed by atoms with Crippen molar-refractivity contribution in [3.63, 3.8) is 0 Å². The number of carbonyl (C=O) groups excluding carboxylic acids is 3. The van der Waals surface area contributed by atoms with Crippen LogP contribution in [0.15, 0.2) is 24.3 Å². The minimum absolute atomic E-state index is 0.0726. The Morgan fingerprint density at radius 3 is 0.743 bits per heavy atom. The molecule has 0 spiro atoms. The number of allylic oxidation sites excluding steroid dienone is 4. The number of hydrogen-bond donors (Lipinski definition) is 0. The lowest BCUT2D eigenvalue weighted by molar-refractivity contribution is -0.167. The van der Waals surface area contributed by atoms with Gasteiger partial charge >= 0.3 is 17.9 Å². The summed E-state index contributed by atoms with van der Waals surface area (Å²) in [5, 5.41) is 0. The van der Waals surface area contributed by atoms with Crippen LogP contribution >= 0.6 is 0 Å². The van der Waals surface area contributed by atoms with Crippen LogP contribution < -0.4 is 0 Å². The van der Waals surface area contributed by atoms with E-state index in [1.54, 1.807) is 0 Å². The van der Waals surface area contributed by atoms with Gasteiger partial charge < -0.3 is 14.2 Å². The summed E-state index contributed by atoms with van der Waals surface area (Å²) in [6.07, 6.45) is 70.5. The first-order valence-electron chi connectivity index (χ1n) is 31.3. The van der Waals surface area contributed by atoms with E-state index in [2.05, 4.69) is 45.1 Å². The second kappa shape index (κ2) is 59.5. The molecule has 412 valence electrons. The van der Waals surface area contributed by atoms with Crippen LogP contribution in [-0.4, -0.2) is 37.2 Å². The molecule has 0 rings (SSSR count). The van der Waals surface area contributed by atoms with Gasteiger partial charge in [0.1, 0.15) is 13.2 Å². The van der Waals surface area contributed by atoms with Gasteiger partial charge in [-0.3, -0.25) is 14.4 Å². The van der Waals surface area contributed by atoms with Crippen molar-refractivity contribution in [2.45, 2.75) is 354 Å². The zero-order valence-corrected chi connectivity index (χ0v) is 47.3. The Balaban J connectivity index is 4.22. The van der Waals surface area contributed by atoms with Crippen LogP contribution in [0.4, 0.5) is 0 Å². The highest BCUT2D eigenvalue weighted by molar-refractivity contribution is 5.71. The Morgan fingerprint density at radius 1 is 0.271 bits per heavy atom. The molecular formula is C64H120O6. The molecule has 0 saturated heterocycles. The van der Waals surface area contributed by atoms with Gasteiger partial charge in [0.2, 0.25) is 0 Å². The lowest BCUT2D eigenvalue weighted by Crippen LogP contribution is -2.30. The van der Waals surface area contributed by atoms with Gasteiger partial charge in [0.05, 0.1) is 0 Å². The highest BCUT2D eigenvalue weighted by atomic mass is 16.6. The smallest absolute Gasteiger partial charge is 0.306 e. The number of esters is 3. The standard InChI is InChI=1S/C64H120O6/c1-4-7-10-13-16-19-22-25-27-29-30-31-32-33-34-35-36-38-39-42-45-48-51-54-57-63(66)69-60-61(59-68-62(65)56-53-50-47-44-41-24-21-18-15-12-9-6-3)70-64(67)58-55-52-49-46-43-40-37-28-26-23-20-17-14-11-8-5-2/h18,21,28,37,61H,4-17,19-20,22-27,29-36,38-60H2,1-3H3/b21-18-,37-28-. The predicted molar refractivity (Wildman–Crippen MR) is 303 cm³/mol. The molecule has 0 saturated carbocycles. The molecule has 0 aliphatic rings. The van der Waals surface area contributed by atoms with Gasteiger partial charge in [-0.05, 0) is 70.6 Å². The molecule has 6 heteroatoms. The SMILES string of the molecule is CCCCC/C=C\CCCCCCCC(=O)OCC(COC(=O)CCCCCCCCCCCCCCCCCCCCCCCCCC)OC(=O)CCCCCCC/C=C\CCCCCCCCC. The topological polar surface area (TPSA) is 78.9 Å². The maximum absolute atomic E-state index is 12.9. The van der Waals surface area contributed by atoms with Gasteiger partial charge in [-0.1, -0.05) is 283 Å². The highest BCUT2D eigenvalue weighted by Crippen LogP contribution is 2.18. The van der Waals surface area contributed by atoms with Gasteiger partial charge in [0, 0.05) is 19.3 Å².